The van der Waals surface area contributed by atoms with Crippen LogP contribution >= 0.6 is 45.2 Å². The van der Waals surface area contributed by atoms with Gasteiger partial charge in [0.05, 0.1) is 30.6 Å². The van der Waals surface area contributed by atoms with Gasteiger partial charge in [-0.1, -0.05) is 19.1 Å². The Morgan fingerprint density at radius 2 is 1.75 bits per heavy atom. The molecule has 0 amide bonds. The summed E-state index contributed by atoms with van der Waals surface area (Å²) in [5.74, 6) is 2.68. The Kier molecular flexibility index (Phi) is 7.02. The summed E-state index contributed by atoms with van der Waals surface area (Å²) in [6, 6.07) is 9.86. The van der Waals surface area contributed by atoms with Gasteiger partial charge in [0.25, 0.3) is 0 Å². The van der Waals surface area contributed by atoms with E-state index < -0.39 is 0 Å². The van der Waals surface area contributed by atoms with Crippen LogP contribution in [0.15, 0.2) is 36.5 Å². The second-order valence-electron chi connectivity index (χ2n) is 6.55. The van der Waals surface area contributed by atoms with Gasteiger partial charge in [-0.15, -0.1) is 5.10 Å². The summed E-state index contributed by atoms with van der Waals surface area (Å²) in [5, 5.41) is 8.69. The first-order valence-electron chi connectivity index (χ1n) is 8.70. The number of hydrogen-bond donors (Lipinski definition) is 0. The normalized spacial score (nSPS) is 11.0. The van der Waals surface area contributed by atoms with Crippen molar-refractivity contribution in [1.29, 1.82) is 0 Å². The monoisotopic (exact) mass is 605 g/mol. The summed E-state index contributed by atoms with van der Waals surface area (Å²) in [4.78, 5) is 0. The fraction of sp³-hybridized carbons (Fsp3) is 0.300. The van der Waals surface area contributed by atoms with E-state index in [1.165, 1.54) is 0 Å². The van der Waals surface area contributed by atoms with E-state index in [1.807, 2.05) is 30.5 Å². The molecule has 28 heavy (non-hydrogen) atoms. The van der Waals surface area contributed by atoms with Crippen molar-refractivity contribution >= 4 is 45.2 Å². The average Bonchev–Trinajstić information content (AvgIpc) is 3.16. The van der Waals surface area contributed by atoms with Gasteiger partial charge in [0.15, 0.2) is 0 Å². The molecule has 2 aromatic carbocycles. The first kappa shape index (κ1) is 21.2. The Labute approximate surface area is 191 Å². The third kappa shape index (κ3) is 4.70. The highest BCUT2D eigenvalue weighted by Crippen LogP contribution is 2.34. The van der Waals surface area contributed by atoms with E-state index in [0.717, 1.165) is 35.6 Å². The summed E-state index contributed by atoms with van der Waals surface area (Å²) in [6.07, 6.45) is 1.87. The van der Waals surface area contributed by atoms with Gasteiger partial charge >= 0.3 is 0 Å². The molecule has 3 aromatic rings. The number of benzene rings is 2. The molecule has 148 valence electrons. The molecule has 3 rings (SSSR count). The molecule has 0 aliphatic heterocycles. The quantitative estimate of drug-likeness (QED) is 0.347. The minimum absolute atomic E-state index is 0.436. The number of halogens is 2. The first-order chi connectivity index (χ1) is 13.4. The van der Waals surface area contributed by atoms with Crippen molar-refractivity contribution in [2.75, 3.05) is 20.8 Å². The zero-order valence-electron chi connectivity index (χ0n) is 16.1. The zero-order chi connectivity index (χ0) is 20.3. The van der Waals surface area contributed by atoms with Gasteiger partial charge in [0.1, 0.15) is 28.6 Å². The molecular weight excluding hydrogens is 584 g/mol. The summed E-state index contributed by atoms with van der Waals surface area (Å²) in [6.45, 7) is 4.89. The molecule has 0 saturated heterocycles. The Morgan fingerprint density at radius 1 is 1.00 bits per heavy atom. The maximum absolute atomic E-state index is 5.99. The van der Waals surface area contributed by atoms with Crippen molar-refractivity contribution in [2.45, 2.75) is 13.8 Å². The minimum Gasteiger partial charge on any atom is -0.496 e. The van der Waals surface area contributed by atoms with Gasteiger partial charge in [-0.2, -0.15) is 0 Å². The van der Waals surface area contributed by atoms with E-state index in [2.05, 4.69) is 75.4 Å². The Morgan fingerprint density at radius 3 is 2.43 bits per heavy atom. The Bertz CT molecular complexity index is 973. The molecular formula is C20H21I2N3O3. The Hall–Kier alpha value is -1.56. The van der Waals surface area contributed by atoms with Crippen molar-refractivity contribution in [3.05, 3.63) is 43.7 Å². The number of hydrogen-bond acceptors (Lipinski definition) is 5. The van der Waals surface area contributed by atoms with Crippen molar-refractivity contribution < 1.29 is 14.2 Å². The van der Waals surface area contributed by atoms with Crippen LogP contribution in [0.5, 0.6) is 17.2 Å². The third-order valence-corrected chi connectivity index (χ3v) is 5.50. The highest BCUT2D eigenvalue weighted by Gasteiger charge is 2.16. The molecule has 0 aliphatic carbocycles. The van der Waals surface area contributed by atoms with Crippen LogP contribution in [0.25, 0.3) is 16.9 Å². The molecule has 0 fully saturated rings. The lowest BCUT2D eigenvalue weighted by Gasteiger charge is -2.12. The number of nitrogens with zero attached hydrogens (tertiary/aromatic N) is 3. The lowest BCUT2D eigenvalue weighted by Crippen LogP contribution is -2.05. The maximum atomic E-state index is 5.99. The topological polar surface area (TPSA) is 58.4 Å². The second-order valence-corrected chi connectivity index (χ2v) is 8.96. The fourth-order valence-corrected chi connectivity index (χ4v) is 3.76. The molecule has 0 saturated carbocycles. The predicted molar refractivity (Wildman–Crippen MR) is 126 cm³/mol. The van der Waals surface area contributed by atoms with Gasteiger partial charge in [-0.3, -0.25) is 0 Å². The Balaban J connectivity index is 2.03. The van der Waals surface area contributed by atoms with Crippen LogP contribution < -0.4 is 14.2 Å². The maximum Gasteiger partial charge on any atom is 0.145 e. The lowest BCUT2D eigenvalue weighted by atomic mass is 10.1. The van der Waals surface area contributed by atoms with Crippen LogP contribution in [0.4, 0.5) is 0 Å². The van der Waals surface area contributed by atoms with Crippen LogP contribution in [-0.4, -0.2) is 35.8 Å². The van der Waals surface area contributed by atoms with Crippen molar-refractivity contribution in [2.24, 2.45) is 5.92 Å². The zero-order valence-corrected chi connectivity index (χ0v) is 20.4. The van der Waals surface area contributed by atoms with Gasteiger partial charge in [0, 0.05) is 15.2 Å². The highest BCUT2D eigenvalue weighted by atomic mass is 127. The number of ether oxygens (including phenoxy) is 3. The van der Waals surface area contributed by atoms with E-state index in [4.69, 9.17) is 14.2 Å². The second kappa shape index (κ2) is 9.29. The third-order valence-electron chi connectivity index (χ3n) is 3.98. The van der Waals surface area contributed by atoms with Crippen molar-refractivity contribution in [1.82, 2.24) is 15.0 Å². The van der Waals surface area contributed by atoms with Crippen molar-refractivity contribution in [3.63, 3.8) is 0 Å². The van der Waals surface area contributed by atoms with Crippen molar-refractivity contribution in [3.8, 4) is 34.2 Å². The molecule has 0 atom stereocenters. The predicted octanol–water partition coefficient (Wildman–Crippen LogP) is 5.20. The minimum atomic E-state index is 0.436. The molecule has 0 bridgehead atoms. The number of methoxy groups -OCH3 is 2. The average molecular weight is 605 g/mol. The molecule has 8 heteroatoms. The summed E-state index contributed by atoms with van der Waals surface area (Å²) in [7, 11) is 3.28. The van der Waals surface area contributed by atoms with E-state index in [-0.39, 0.29) is 0 Å². The summed E-state index contributed by atoms with van der Waals surface area (Å²) < 4.78 is 20.7. The molecule has 0 spiro atoms. The summed E-state index contributed by atoms with van der Waals surface area (Å²) >= 11 is 4.50. The van der Waals surface area contributed by atoms with Crippen LogP contribution in [0, 0.1) is 13.1 Å². The van der Waals surface area contributed by atoms with Crippen LogP contribution in [-0.2, 0) is 0 Å². The van der Waals surface area contributed by atoms with Gasteiger partial charge in [0.2, 0.25) is 0 Å². The van der Waals surface area contributed by atoms with Crippen LogP contribution in [0.2, 0.25) is 0 Å². The van der Waals surface area contributed by atoms with E-state index in [1.54, 1.807) is 18.9 Å². The van der Waals surface area contributed by atoms with E-state index >= 15 is 0 Å². The number of rotatable bonds is 7. The lowest BCUT2D eigenvalue weighted by molar-refractivity contribution is 0.272. The molecule has 1 heterocycles. The van der Waals surface area contributed by atoms with E-state index in [0.29, 0.717) is 18.3 Å². The molecule has 0 radical (unpaired) electrons. The summed E-state index contributed by atoms with van der Waals surface area (Å²) in [5.41, 5.74) is 2.40. The number of aromatic nitrogens is 3. The molecule has 1 aromatic heterocycles. The highest BCUT2D eigenvalue weighted by molar-refractivity contribution is 14.1. The van der Waals surface area contributed by atoms with Gasteiger partial charge in [-0.25, -0.2) is 4.68 Å². The molecule has 0 N–H and O–H groups in total. The molecule has 0 unspecified atom stereocenters. The van der Waals surface area contributed by atoms with Crippen LogP contribution in [0.1, 0.15) is 13.8 Å². The standard InChI is InChI=1S/C20H21I2N3O3/c1-12(2)11-28-18-6-5-13(21)7-14(18)16-10-25(24-23-16)17-9-19(26-3)15(22)8-20(17)27-4/h5-10,12H,11H2,1-4H3. The van der Waals surface area contributed by atoms with Gasteiger partial charge in [-0.05, 0) is 75.4 Å². The largest absolute Gasteiger partial charge is 0.496 e. The molecule has 0 aliphatic rings. The molecule has 6 nitrogen and oxygen atoms in total. The smallest absolute Gasteiger partial charge is 0.145 e. The SMILES string of the molecule is COc1cc(-n2cc(-c3cc(I)ccc3OCC(C)C)nn2)c(OC)cc1I. The van der Waals surface area contributed by atoms with Crippen LogP contribution in [0.3, 0.4) is 0 Å². The fourth-order valence-electron chi connectivity index (χ4n) is 2.61. The van der Waals surface area contributed by atoms with Gasteiger partial charge < -0.3 is 14.2 Å². The first-order valence-corrected chi connectivity index (χ1v) is 10.9. The van der Waals surface area contributed by atoms with E-state index in [9.17, 15) is 0 Å².